The minimum Gasteiger partial charge on any atom is -0.316 e. The largest absolute Gasteiger partial charge is 0.316 e. The monoisotopic (exact) mass is 282 g/mol. The molecule has 1 N–H and O–H groups in total. The van der Waals surface area contributed by atoms with Crippen molar-refractivity contribution in [2.75, 3.05) is 20.6 Å². The number of sulfonamides is 1. The standard InChI is InChI=1S/C14H22N2O2S/c1-12(2)10-16(4)19(17,18)11-14-7-5-13(6-8-14)9-15-3/h5-8,15H,1,9-11H2,2-4H3. The van der Waals surface area contributed by atoms with Crippen LogP contribution in [0.1, 0.15) is 18.1 Å². The molecule has 0 unspecified atom stereocenters. The average molecular weight is 282 g/mol. The normalized spacial score (nSPS) is 11.8. The summed E-state index contributed by atoms with van der Waals surface area (Å²) in [6.45, 7) is 6.69. The Kier molecular flexibility index (Phi) is 5.72. The van der Waals surface area contributed by atoms with E-state index in [1.165, 1.54) is 4.31 Å². The topological polar surface area (TPSA) is 49.4 Å². The van der Waals surface area contributed by atoms with E-state index in [4.69, 9.17) is 0 Å². The van der Waals surface area contributed by atoms with E-state index in [0.29, 0.717) is 6.54 Å². The Balaban J connectivity index is 2.75. The molecule has 0 spiro atoms. The van der Waals surface area contributed by atoms with Gasteiger partial charge in [0.25, 0.3) is 0 Å². The van der Waals surface area contributed by atoms with Gasteiger partial charge in [-0.3, -0.25) is 0 Å². The molecular weight excluding hydrogens is 260 g/mol. The Bertz CT molecular complexity index is 521. The molecule has 0 amide bonds. The Labute approximate surface area is 116 Å². The molecule has 5 heteroatoms. The predicted octanol–water partition coefficient (Wildman–Crippen LogP) is 1.74. The zero-order valence-corrected chi connectivity index (χ0v) is 12.6. The Hall–Kier alpha value is -1.17. The molecule has 106 valence electrons. The van der Waals surface area contributed by atoms with Crippen molar-refractivity contribution in [3.63, 3.8) is 0 Å². The van der Waals surface area contributed by atoms with Crippen LogP contribution in [-0.4, -0.2) is 33.4 Å². The van der Waals surface area contributed by atoms with Crippen molar-refractivity contribution in [1.82, 2.24) is 9.62 Å². The molecule has 19 heavy (non-hydrogen) atoms. The maximum Gasteiger partial charge on any atom is 0.218 e. The van der Waals surface area contributed by atoms with Crippen LogP contribution >= 0.6 is 0 Å². The van der Waals surface area contributed by atoms with Crippen LogP contribution in [0.15, 0.2) is 36.4 Å². The zero-order chi connectivity index (χ0) is 14.5. The molecule has 0 radical (unpaired) electrons. The lowest BCUT2D eigenvalue weighted by molar-refractivity contribution is 0.492. The molecule has 0 aliphatic heterocycles. The van der Waals surface area contributed by atoms with Crippen molar-refractivity contribution in [3.8, 4) is 0 Å². The van der Waals surface area contributed by atoms with Gasteiger partial charge in [0.2, 0.25) is 10.0 Å². The fourth-order valence-corrected chi connectivity index (χ4v) is 3.01. The summed E-state index contributed by atoms with van der Waals surface area (Å²) in [5, 5.41) is 3.06. The number of likely N-dealkylation sites (N-methyl/N-ethyl adjacent to an activating group) is 1. The molecule has 1 aromatic carbocycles. The minimum absolute atomic E-state index is 0.0244. The summed E-state index contributed by atoms with van der Waals surface area (Å²) in [7, 11) is 0.186. The average Bonchev–Trinajstić information content (AvgIpc) is 2.31. The van der Waals surface area contributed by atoms with Crippen LogP contribution in [-0.2, 0) is 22.3 Å². The van der Waals surface area contributed by atoms with Gasteiger partial charge in [-0.15, -0.1) is 0 Å². The summed E-state index contributed by atoms with van der Waals surface area (Å²) in [6, 6.07) is 7.61. The van der Waals surface area contributed by atoms with E-state index in [9.17, 15) is 8.42 Å². The second-order valence-corrected chi connectivity index (χ2v) is 6.89. The zero-order valence-electron chi connectivity index (χ0n) is 11.8. The van der Waals surface area contributed by atoms with Crippen LogP contribution in [0.2, 0.25) is 0 Å². The summed E-state index contributed by atoms with van der Waals surface area (Å²) in [6.07, 6.45) is 0. The summed E-state index contributed by atoms with van der Waals surface area (Å²) >= 11 is 0. The van der Waals surface area contributed by atoms with E-state index in [-0.39, 0.29) is 5.75 Å². The number of hydrogen-bond donors (Lipinski definition) is 1. The number of hydrogen-bond acceptors (Lipinski definition) is 3. The maximum absolute atomic E-state index is 12.1. The van der Waals surface area contributed by atoms with Gasteiger partial charge in [-0.1, -0.05) is 36.4 Å². The molecule has 0 bridgehead atoms. The molecule has 0 saturated carbocycles. The van der Waals surface area contributed by atoms with Crippen LogP contribution in [0.25, 0.3) is 0 Å². The Morgan fingerprint density at radius 1 is 1.26 bits per heavy atom. The second kappa shape index (κ2) is 6.84. The molecule has 1 rings (SSSR count). The van der Waals surface area contributed by atoms with Crippen molar-refractivity contribution < 1.29 is 8.42 Å². The van der Waals surface area contributed by atoms with Crippen LogP contribution in [0.4, 0.5) is 0 Å². The lowest BCUT2D eigenvalue weighted by atomic mass is 10.1. The molecule has 0 heterocycles. The highest BCUT2D eigenvalue weighted by molar-refractivity contribution is 7.88. The lowest BCUT2D eigenvalue weighted by Crippen LogP contribution is -2.29. The van der Waals surface area contributed by atoms with Crippen LogP contribution < -0.4 is 5.32 Å². The third kappa shape index (κ3) is 5.14. The first-order chi connectivity index (χ1) is 8.85. The SMILES string of the molecule is C=C(C)CN(C)S(=O)(=O)Cc1ccc(CNC)cc1. The van der Waals surface area contributed by atoms with Gasteiger partial charge in [0.15, 0.2) is 0 Å². The van der Waals surface area contributed by atoms with E-state index in [1.807, 2.05) is 38.2 Å². The fraction of sp³-hybridized carbons (Fsp3) is 0.429. The first-order valence-electron chi connectivity index (χ1n) is 6.16. The van der Waals surface area contributed by atoms with E-state index < -0.39 is 10.0 Å². The number of nitrogens with zero attached hydrogens (tertiary/aromatic N) is 1. The van der Waals surface area contributed by atoms with Gasteiger partial charge in [0.05, 0.1) is 5.75 Å². The van der Waals surface area contributed by atoms with E-state index in [2.05, 4.69) is 11.9 Å². The molecule has 0 fully saturated rings. The van der Waals surface area contributed by atoms with Gasteiger partial charge >= 0.3 is 0 Å². The first kappa shape index (κ1) is 15.9. The van der Waals surface area contributed by atoms with Crippen molar-refractivity contribution in [1.29, 1.82) is 0 Å². The molecule has 0 atom stereocenters. The molecular formula is C14H22N2O2S. The van der Waals surface area contributed by atoms with Crippen LogP contribution in [0.3, 0.4) is 0 Å². The van der Waals surface area contributed by atoms with Gasteiger partial charge in [-0.25, -0.2) is 12.7 Å². The van der Waals surface area contributed by atoms with Crippen molar-refractivity contribution in [3.05, 3.63) is 47.5 Å². The van der Waals surface area contributed by atoms with E-state index >= 15 is 0 Å². The Morgan fingerprint density at radius 2 is 1.79 bits per heavy atom. The highest BCUT2D eigenvalue weighted by Crippen LogP contribution is 2.12. The van der Waals surface area contributed by atoms with Crippen molar-refractivity contribution in [2.24, 2.45) is 0 Å². The number of nitrogens with one attached hydrogen (secondary N) is 1. The second-order valence-electron chi connectivity index (χ2n) is 4.82. The smallest absolute Gasteiger partial charge is 0.218 e. The molecule has 0 aliphatic carbocycles. The van der Waals surface area contributed by atoms with E-state index in [0.717, 1.165) is 23.2 Å². The fourth-order valence-electron chi connectivity index (χ4n) is 1.76. The van der Waals surface area contributed by atoms with Gasteiger partial charge in [0, 0.05) is 20.1 Å². The van der Waals surface area contributed by atoms with E-state index in [1.54, 1.807) is 7.05 Å². The lowest BCUT2D eigenvalue weighted by Gasteiger charge is -2.17. The predicted molar refractivity (Wildman–Crippen MR) is 79.3 cm³/mol. The molecule has 0 aromatic heterocycles. The van der Waals surface area contributed by atoms with Gasteiger partial charge in [-0.05, 0) is 25.1 Å². The van der Waals surface area contributed by atoms with Crippen LogP contribution in [0, 0.1) is 0 Å². The Morgan fingerprint density at radius 3 is 2.26 bits per heavy atom. The number of benzene rings is 1. The third-order valence-corrected chi connectivity index (χ3v) is 4.50. The highest BCUT2D eigenvalue weighted by Gasteiger charge is 2.18. The molecule has 1 aromatic rings. The summed E-state index contributed by atoms with van der Waals surface area (Å²) in [5.74, 6) is 0.0244. The summed E-state index contributed by atoms with van der Waals surface area (Å²) in [4.78, 5) is 0. The van der Waals surface area contributed by atoms with Gasteiger partial charge in [-0.2, -0.15) is 0 Å². The summed E-state index contributed by atoms with van der Waals surface area (Å²) in [5.41, 5.74) is 2.77. The number of rotatable bonds is 7. The van der Waals surface area contributed by atoms with Crippen molar-refractivity contribution >= 4 is 10.0 Å². The van der Waals surface area contributed by atoms with Gasteiger partial charge in [0.1, 0.15) is 0 Å². The quantitative estimate of drug-likeness (QED) is 0.775. The summed E-state index contributed by atoms with van der Waals surface area (Å²) < 4.78 is 25.6. The van der Waals surface area contributed by atoms with Crippen molar-refractivity contribution in [2.45, 2.75) is 19.2 Å². The van der Waals surface area contributed by atoms with Gasteiger partial charge < -0.3 is 5.32 Å². The molecule has 0 saturated heterocycles. The molecule has 0 aliphatic rings. The third-order valence-electron chi connectivity index (χ3n) is 2.72. The maximum atomic E-state index is 12.1. The molecule has 4 nitrogen and oxygen atoms in total. The minimum atomic E-state index is -3.28. The van der Waals surface area contributed by atoms with Crippen LogP contribution in [0.5, 0.6) is 0 Å². The highest BCUT2D eigenvalue weighted by atomic mass is 32.2. The first-order valence-corrected chi connectivity index (χ1v) is 7.77.